The third kappa shape index (κ3) is 9.42. The zero-order valence-corrected chi connectivity index (χ0v) is 15.5. The summed E-state index contributed by atoms with van der Waals surface area (Å²) in [5.74, 6) is 0.903. The van der Waals surface area contributed by atoms with Crippen molar-refractivity contribution in [2.24, 2.45) is 11.3 Å². The van der Waals surface area contributed by atoms with Crippen molar-refractivity contribution in [3.8, 4) is 0 Å². The van der Waals surface area contributed by atoms with Crippen molar-refractivity contribution in [1.82, 2.24) is 10.2 Å². The van der Waals surface area contributed by atoms with E-state index in [1.165, 1.54) is 12.8 Å². The first-order valence-corrected chi connectivity index (χ1v) is 8.68. The Bertz CT molecular complexity index is 334. The second kappa shape index (κ2) is 8.30. The average Bonchev–Trinajstić information content (AvgIpc) is 2.36. The predicted octanol–water partition coefficient (Wildman–Crippen LogP) is 3.07. The fraction of sp³-hybridized carbons (Fsp3) is 0.944. The Labute approximate surface area is 137 Å². The molecule has 1 heterocycles. The number of ether oxygens (including phenoxy) is 1. The topological polar surface area (TPSA) is 41.6 Å². The monoisotopic (exact) mass is 312 g/mol. The number of nitrogens with one attached hydrogen (secondary N) is 1. The lowest BCUT2D eigenvalue weighted by Crippen LogP contribution is -2.43. The zero-order chi connectivity index (χ0) is 16.8. The highest BCUT2D eigenvalue weighted by Gasteiger charge is 2.22. The normalized spacial score (nSPS) is 18.5. The smallest absolute Gasteiger partial charge is 0.234 e. The van der Waals surface area contributed by atoms with E-state index in [2.05, 4.69) is 51.8 Å². The molecule has 22 heavy (non-hydrogen) atoms. The van der Waals surface area contributed by atoms with Crippen LogP contribution < -0.4 is 5.32 Å². The van der Waals surface area contributed by atoms with Crippen LogP contribution in [0, 0.1) is 11.3 Å². The largest absolute Gasteiger partial charge is 0.376 e. The lowest BCUT2D eigenvalue weighted by atomic mass is 9.94. The van der Waals surface area contributed by atoms with Gasteiger partial charge in [0.05, 0.1) is 12.1 Å². The number of amides is 1. The van der Waals surface area contributed by atoms with E-state index in [0.29, 0.717) is 6.54 Å². The minimum atomic E-state index is -0.0359. The van der Waals surface area contributed by atoms with Gasteiger partial charge in [0.1, 0.15) is 0 Å². The zero-order valence-electron chi connectivity index (χ0n) is 15.5. The summed E-state index contributed by atoms with van der Waals surface area (Å²) >= 11 is 0. The number of nitrogens with zero attached hydrogens (tertiary/aromatic N) is 1. The number of piperidine rings is 1. The molecule has 0 saturated carbocycles. The molecule has 0 radical (unpaired) electrons. The maximum Gasteiger partial charge on any atom is 0.234 e. The number of hydrogen-bond donors (Lipinski definition) is 1. The number of likely N-dealkylation sites (tertiary alicyclic amines) is 1. The molecule has 0 aromatic rings. The van der Waals surface area contributed by atoms with Crippen LogP contribution in [-0.4, -0.2) is 49.2 Å². The Hall–Kier alpha value is -0.610. The molecule has 1 rings (SSSR count). The van der Waals surface area contributed by atoms with Gasteiger partial charge in [-0.05, 0) is 64.5 Å². The second-order valence-corrected chi connectivity index (χ2v) is 8.81. The first-order chi connectivity index (χ1) is 10.1. The fourth-order valence-electron chi connectivity index (χ4n) is 2.59. The first-order valence-electron chi connectivity index (χ1n) is 8.68. The second-order valence-electron chi connectivity index (χ2n) is 8.81. The summed E-state index contributed by atoms with van der Waals surface area (Å²) in [6.07, 6.45) is 3.50. The molecule has 1 aliphatic heterocycles. The summed E-state index contributed by atoms with van der Waals surface area (Å²) in [5.41, 5.74) is 0.113. The van der Waals surface area contributed by atoms with Crippen LogP contribution in [0.15, 0.2) is 0 Å². The number of carbonyl (C=O) groups excluding carboxylic acids is 1. The molecule has 4 nitrogen and oxygen atoms in total. The molecule has 0 aromatic carbocycles. The van der Waals surface area contributed by atoms with E-state index < -0.39 is 0 Å². The minimum Gasteiger partial charge on any atom is -0.376 e. The Balaban J connectivity index is 2.16. The molecule has 4 heteroatoms. The summed E-state index contributed by atoms with van der Waals surface area (Å²) in [5, 5.41) is 3.03. The van der Waals surface area contributed by atoms with Crippen molar-refractivity contribution in [1.29, 1.82) is 0 Å². The Kier molecular flexibility index (Phi) is 7.33. The number of carbonyl (C=O) groups is 1. The van der Waals surface area contributed by atoms with Crippen LogP contribution in [-0.2, 0) is 9.53 Å². The summed E-state index contributed by atoms with van der Waals surface area (Å²) in [6.45, 7) is 16.9. The first kappa shape index (κ1) is 19.4. The fourth-order valence-corrected chi connectivity index (χ4v) is 2.59. The van der Waals surface area contributed by atoms with Gasteiger partial charge in [-0.2, -0.15) is 0 Å². The van der Waals surface area contributed by atoms with Gasteiger partial charge in [0, 0.05) is 13.2 Å². The molecule has 130 valence electrons. The van der Waals surface area contributed by atoms with Crippen molar-refractivity contribution in [2.75, 3.05) is 32.8 Å². The maximum atomic E-state index is 11.9. The standard InChI is InChI=1S/C18H36N2O2/c1-17(2,3)14-19-16(21)13-20-10-7-15(8-11-20)9-12-22-18(4,5)6/h15H,7-14H2,1-6H3,(H,19,21). The van der Waals surface area contributed by atoms with Gasteiger partial charge in [0.25, 0.3) is 0 Å². The van der Waals surface area contributed by atoms with Crippen LogP contribution in [0.25, 0.3) is 0 Å². The van der Waals surface area contributed by atoms with Gasteiger partial charge < -0.3 is 10.1 Å². The molecule has 0 aliphatic carbocycles. The lowest BCUT2D eigenvalue weighted by Gasteiger charge is -2.32. The van der Waals surface area contributed by atoms with Crippen LogP contribution >= 0.6 is 0 Å². The van der Waals surface area contributed by atoms with Gasteiger partial charge >= 0.3 is 0 Å². The van der Waals surface area contributed by atoms with E-state index in [9.17, 15) is 4.79 Å². The van der Waals surface area contributed by atoms with Crippen LogP contribution in [0.4, 0.5) is 0 Å². The maximum absolute atomic E-state index is 11.9. The highest BCUT2D eigenvalue weighted by molar-refractivity contribution is 5.78. The van der Waals surface area contributed by atoms with Crippen molar-refractivity contribution in [3.05, 3.63) is 0 Å². The average molecular weight is 312 g/mol. The van der Waals surface area contributed by atoms with Gasteiger partial charge in [0.15, 0.2) is 0 Å². The van der Waals surface area contributed by atoms with Crippen LogP contribution in [0.2, 0.25) is 0 Å². The van der Waals surface area contributed by atoms with Gasteiger partial charge in [-0.15, -0.1) is 0 Å². The van der Waals surface area contributed by atoms with Crippen molar-refractivity contribution < 1.29 is 9.53 Å². The number of rotatable bonds is 6. The van der Waals surface area contributed by atoms with E-state index in [4.69, 9.17) is 4.74 Å². The van der Waals surface area contributed by atoms with Gasteiger partial charge in [0.2, 0.25) is 5.91 Å². The SMILES string of the molecule is CC(C)(C)CNC(=O)CN1CCC(CCOC(C)(C)C)CC1. The highest BCUT2D eigenvalue weighted by atomic mass is 16.5. The number of hydrogen-bond acceptors (Lipinski definition) is 3. The molecule has 0 aromatic heterocycles. The van der Waals surface area contributed by atoms with E-state index in [0.717, 1.165) is 38.6 Å². The molecule has 0 spiro atoms. The molecular formula is C18H36N2O2. The van der Waals surface area contributed by atoms with Gasteiger partial charge in [-0.25, -0.2) is 0 Å². The molecule has 1 aliphatic rings. The summed E-state index contributed by atoms with van der Waals surface area (Å²) < 4.78 is 5.81. The quantitative estimate of drug-likeness (QED) is 0.819. The molecule has 1 amide bonds. The van der Waals surface area contributed by atoms with Crippen molar-refractivity contribution in [2.45, 2.75) is 66.4 Å². The lowest BCUT2D eigenvalue weighted by molar-refractivity contribution is -0.123. The summed E-state index contributed by atoms with van der Waals surface area (Å²) in [6, 6.07) is 0. The molecule has 0 bridgehead atoms. The van der Waals surface area contributed by atoms with E-state index in [-0.39, 0.29) is 16.9 Å². The third-order valence-electron chi connectivity index (χ3n) is 3.95. The molecule has 0 atom stereocenters. The Morgan fingerprint density at radius 1 is 1.14 bits per heavy atom. The van der Waals surface area contributed by atoms with E-state index in [1.54, 1.807) is 0 Å². The minimum absolute atomic E-state index is 0.0359. The predicted molar refractivity (Wildman–Crippen MR) is 92.0 cm³/mol. The van der Waals surface area contributed by atoms with Crippen LogP contribution in [0.3, 0.4) is 0 Å². The van der Waals surface area contributed by atoms with Crippen LogP contribution in [0.1, 0.15) is 60.8 Å². The van der Waals surface area contributed by atoms with Gasteiger partial charge in [-0.1, -0.05) is 20.8 Å². The molecular weight excluding hydrogens is 276 g/mol. The summed E-state index contributed by atoms with van der Waals surface area (Å²) in [4.78, 5) is 14.2. The third-order valence-corrected chi connectivity index (χ3v) is 3.95. The molecule has 1 saturated heterocycles. The van der Waals surface area contributed by atoms with Crippen LogP contribution in [0.5, 0.6) is 0 Å². The Morgan fingerprint density at radius 2 is 1.73 bits per heavy atom. The Morgan fingerprint density at radius 3 is 2.23 bits per heavy atom. The van der Waals surface area contributed by atoms with Crippen molar-refractivity contribution >= 4 is 5.91 Å². The highest BCUT2D eigenvalue weighted by Crippen LogP contribution is 2.21. The molecule has 1 N–H and O–H groups in total. The van der Waals surface area contributed by atoms with Gasteiger partial charge in [-0.3, -0.25) is 9.69 Å². The molecule has 1 fully saturated rings. The molecule has 0 unspecified atom stereocenters. The summed E-state index contributed by atoms with van der Waals surface area (Å²) in [7, 11) is 0. The van der Waals surface area contributed by atoms with Crippen molar-refractivity contribution in [3.63, 3.8) is 0 Å². The van der Waals surface area contributed by atoms with E-state index >= 15 is 0 Å². The van der Waals surface area contributed by atoms with E-state index in [1.807, 2.05) is 0 Å².